The second-order valence-electron chi connectivity index (χ2n) is 6.12. The number of likely N-dealkylation sites (tertiary alicyclic amines) is 1. The van der Waals surface area contributed by atoms with E-state index in [0.717, 1.165) is 12.1 Å². The normalized spacial score (nSPS) is 15.1. The van der Waals surface area contributed by atoms with Gasteiger partial charge in [0, 0.05) is 19.0 Å². The molecule has 0 saturated carbocycles. The highest BCUT2D eigenvalue weighted by Crippen LogP contribution is 2.21. The Kier molecular flexibility index (Phi) is 5.24. The van der Waals surface area contributed by atoms with E-state index in [4.69, 9.17) is 4.52 Å². The summed E-state index contributed by atoms with van der Waals surface area (Å²) in [6, 6.07) is 3.31. The topological polar surface area (TPSA) is 88.3 Å². The monoisotopic (exact) mass is 364 g/mol. The third-order valence-corrected chi connectivity index (χ3v) is 4.31. The Morgan fingerprint density at radius 3 is 2.50 bits per heavy atom. The summed E-state index contributed by atoms with van der Waals surface area (Å²) in [6.45, 7) is 2.33. The molecule has 0 aliphatic carbocycles. The first-order valence-electron chi connectivity index (χ1n) is 8.26. The highest BCUT2D eigenvalue weighted by molar-refractivity contribution is 5.95. The van der Waals surface area contributed by atoms with E-state index in [1.54, 1.807) is 6.92 Å². The zero-order chi connectivity index (χ0) is 18.7. The Balaban J connectivity index is 1.53. The van der Waals surface area contributed by atoms with Crippen LogP contribution in [0.5, 0.6) is 0 Å². The summed E-state index contributed by atoms with van der Waals surface area (Å²) >= 11 is 0. The van der Waals surface area contributed by atoms with Gasteiger partial charge in [0.2, 0.25) is 11.8 Å². The van der Waals surface area contributed by atoms with Crippen molar-refractivity contribution >= 4 is 11.8 Å². The molecule has 9 heteroatoms. The molecule has 0 spiro atoms. The maximum atomic E-state index is 13.8. The van der Waals surface area contributed by atoms with E-state index in [-0.39, 0.29) is 31.5 Å². The van der Waals surface area contributed by atoms with Crippen LogP contribution in [-0.2, 0) is 11.3 Å². The molecule has 2 heterocycles. The molecule has 1 aromatic carbocycles. The number of benzene rings is 1. The van der Waals surface area contributed by atoms with Crippen molar-refractivity contribution in [3.8, 4) is 0 Å². The number of nitrogens with one attached hydrogen (secondary N) is 1. The molecule has 1 aromatic heterocycles. The zero-order valence-corrected chi connectivity index (χ0v) is 14.2. The van der Waals surface area contributed by atoms with E-state index in [2.05, 4.69) is 15.5 Å². The highest BCUT2D eigenvalue weighted by atomic mass is 19.1. The number of rotatable bonds is 4. The minimum absolute atomic E-state index is 0.138. The molecular weight excluding hydrogens is 346 g/mol. The number of amides is 2. The van der Waals surface area contributed by atoms with Gasteiger partial charge in [-0.2, -0.15) is 4.98 Å². The van der Waals surface area contributed by atoms with Crippen molar-refractivity contribution in [2.75, 3.05) is 13.1 Å². The predicted molar refractivity (Wildman–Crippen MR) is 85.9 cm³/mol. The predicted octanol–water partition coefficient (Wildman–Crippen LogP) is 1.82. The van der Waals surface area contributed by atoms with Crippen molar-refractivity contribution in [1.82, 2.24) is 20.4 Å². The summed E-state index contributed by atoms with van der Waals surface area (Å²) in [5.74, 6) is -2.12. The molecule has 3 rings (SSSR count). The van der Waals surface area contributed by atoms with Gasteiger partial charge in [0.15, 0.2) is 5.82 Å². The maximum Gasteiger partial charge on any atom is 0.259 e. The van der Waals surface area contributed by atoms with Gasteiger partial charge in [-0.3, -0.25) is 9.59 Å². The van der Waals surface area contributed by atoms with E-state index >= 15 is 0 Å². The number of aromatic nitrogens is 2. The van der Waals surface area contributed by atoms with E-state index < -0.39 is 23.1 Å². The summed E-state index contributed by atoms with van der Waals surface area (Å²) in [5, 5.41) is 6.35. The van der Waals surface area contributed by atoms with E-state index in [1.807, 2.05) is 0 Å². The number of halogens is 2. The lowest BCUT2D eigenvalue weighted by atomic mass is 9.95. The van der Waals surface area contributed by atoms with Crippen LogP contribution in [0.2, 0.25) is 0 Å². The fourth-order valence-electron chi connectivity index (χ4n) is 2.92. The van der Waals surface area contributed by atoms with Crippen LogP contribution >= 0.6 is 0 Å². The zero-order valence-electron chi connectivity index (χ0n) is 14.2. The van der Waals surface area contributed by atoms with Gasteiger partial charge in [0.25, 0.3) is 5.91 Å². The number of hydrogen-bond donors (Lipinski definition) is 1. The molecule has 26 heavy (non-hydrogen) atoms. The average molecular weight is 364 g/mol. The van der Waals surface area contributed by atoms with Crippen LogP contribution in [0.25, 0.3) is 0 Å². The molecule has 2 amide bonds. The van der Waals surface area contributed by atoms with Crippen molar-refractivity contribution in [3.05, 3.63) is 47.1 Å². The van der Waals surface area contributed by atoms with E-state index in [9.17, 15) is 18.4 Å². The Labute approximate surface area is 148 Å². The Morgan fingerprint density at radius 2 is 1.92 bits per heavy atom. The molecule has 138 valence electrons. The first-order valence-corrected chi connectivity index (χ1v) is 8.26. The van der Waals surface area contributed by atoms with Gasteiger partial charge in [-0.15, -0.1) is 0 Å². The van der Waals surface area contributed by atoms with Gasteiger partial charge >= 0.3 is 0 Å². The lowest BCUT2D eigenvalue weighted by Crippen LogP contribution is -2.43. The maximum absolute atomic E-state index is 13.8. The standard InChI is InChI=1S/C17H18F2N4O3/c1-10-21-14(26-22-10)9-20-16(24)11-5-7-23(8-6-11)17(25)15-12(18)3-2-4-13(15)19/h2-4,11H,5-9H2,1H3,(H,20,24). The molecule has 1 aliphatic rings. The number of carbonyl (C=O) groups is 2. The second kappa shape index (κ2) is 7.59. The van der Waals surface area contributed by atoms with Crippen molar-refractivity contribution in [1.29, 1.82) is 0 Å². The second-order valence-corrected chi connectivity index (χ2v) is 6.12. The van der Waals surface area contributed by atoms with Crippen molar-refractivity contribution < 1.29 is 22.9 Å². The lowest BCUT2D eigenvalue weighted by molar-refractivity contribution is -0.126. The number of nitrogens with zero attached hydrogens (tertiary/aromatic N) is 3. The van der Waals surface area contributed by atoms with Crippen LogP contribution in [0, 0.1) is 24.5 Å². The van der Waals surface area contributed by atoms with Crippen LogP contribution < -0.4 is 5.32 Å². The molecule has 1 fully saturated rings. The van der Waals surface area contributed by atoms with Gasteiger partial charge in [-0.25, -0.2) is 8.78 Å². The molecule has 0 atom stereocenters. The largest absolute Gasteiger partial charge is 0.347 e. The van der Waals surface area contributed by atoms with Gasteiger partial charge in [0.1, 0.15) is 17.2 Å². The van der Waals surface area contributed by atoms with E-state index in [0.29, 0.717) is 24.6 Å². The van der Waals surface area contributed by atoms with Gasteiger partial charge < -0.3 is 14.7 Å². The SMILES string of the molecule is Cc1noc(CNC(=O)C2CCN(C(=O)c3c(F)cccc3F)CC2)n1. The molecule has 0 unspecified atom stereocenters. The highest BCUT2D eigenvalue weighted by Gasteiger charge is 2.30. The summed E-state index contributed by atoms with van der Waals surface area (Å²) in [7, 11) is 0. The molecule has 7 nitrogen and oxygen atoms in total. The average Bonchev–Trinajstić information content (AvgIpc) is 3.05. The molecule has 2 aromatic rings. The first-order chi connectivity index (χ1) is 12.5. The Morgan fingerprint density at radius 1 is 1.27 bits per heavy atom. The third kappa shape index (κ3) is 3.87. The summed E-state index contributed by atoms with van der Waals surface area (Å²) in [5.41, 5.74) is -0.554. The number of carbonyl (C=O) groups excluding carboxylic acids is 2. The minimum atomic E-state index is -0.885. The molecule has 0 bridgehead atoms. The fourth-order valence-corrected chi connectivity index (χ4v) is 2.92. The number of piperidine rings is 1. The molecule has 1 aliphatic heterocycles. The number of hydrogen-bond acceptors (Lipinski definition) is 5. The van der Waals surface area contributed by atoms with Crippen LogP contribution in [-0.4, -0.2) is 39.9 Å². The van der Waals surface area contributed by atoms with Gasteiger partial charge in [-0.1, -0.05) is 11.2 Å². The van der Waals surface area contributed by atoms with Crippen LogP contribution in [0.1, 0.15) is 34.9 Å². The quantitative estimate of drug-likeness (QED) is 0.894. The summed E-state index contributed by atoms with van der Waals surface area (Å²) in [4.78, 5) is 29.9. The van der Waals surface area contributed by atoms with Crippen LogP contribution in [0.3, 0.4) is 0 Å². The Hall–Kier alpha value is -2.84. The van der Waals surface area contributed by atoms with Gasteiger partial charge in [0.05, 0.1) is 6.54 Å². The number of aryl methyl sites for hydroxylation is 1. The van der Waals surface area contributed by atoms with Crippen LogP contribution in [0.15, 0.2) is 22.7 Å². The fraction of sp³-hybridized carbons (Fsp3) is 0.412. The Bertz CT molecular complexity index is 796. The minimum Gasteiger partial charge on any atom is -0.347 e. The molecule has 0 radical (unpaired) electrons. The van der Waals surface area contributed by atoms with E-state index in [1.165, 1.54) is 11.0 Å². The molecule has 1 N–H and O–H groups in total. The molecule has 1 saturated heterocycles. The summed E-state index contributed by atoms with van der Waals surface area (Å²) in [6.07, 6.45) is 0.826. The summed E-state index contributed by atoms with van der Waals surface area (Å²) < 4.78 is 32.4. The smallest absolute Gasteiger partial charge is 0.259 e. The van der Waals surface area contributed by atoms with Crippen molar-refractivity contribution in [2.45, 2.75) is 26.3 Å². The first kappa shape index (κ1) is 18.0. The third-order valence-electron chi connectivity index (χ3n) is 4.31. The van der Waals surface area contributed by atoms with Crippen molar-refractivity contribution in [2.24, 2.45) is 5.92 Å². The lowest BCUT2D eigenvalue weighted by Gasteiger charge is -2.31. The molecular formula is C17H18F2N4O3. The van der Waals surface area contributed by atoms with Crippen molar-refractivity contribution in [3.63, 3.8) is 0 Å². The van der Waals surface area contributed by atoms with Gasteiger partial charge in [-0.05, 0) is 31.9 Å². The van der Waals surface area contributed by atoms with Crippen LogP contribution in [0.4, 0.5) is 8.78 Å².